The molecule has 132 valence electrons. The Morgan fingerprint density at radius 1 is 1.12 bits per heavy atom. The number of phenolic OH excluding ortho intramolecular Hbond substituents is 1. The molecular weight excluding hydrogens is 346 g/mol. The highest BCUT2D eigenvalue weighted by molar-refractivity contribution is 7.86. The van der Waals surface area contributed by atoms with E-state index in [4.69, 9.17) is 0 Å². The maximum Gasteiger partial charge on any atom is 0.296 e. The maximum absolute atomic E-state index is 11.5. The molecule has 2 aromatic carbocycles. The Kier molecular flexibility index (Phi) is 5.19. The number of phenols is 1. The summed E-state index contributed by atoms with van der Waals surface area (Å²) >= 11 is 0. The molecule has 0 fully saturated rings. The molecule has 9 heteroatoms. The second-order valence-electron chi connectivity index (χ2n) is 5.49. The molecule has 25 heavy (non-hydrogen) atoms. The SMILES string of the molecule is CC(=O)Nc1ccc(N=Nc2cc(C)cc(C)c2O)cc1S(=O)(=O)O. The van der Waals surface area contributed by atoms with Gasteiger partial charge < -0.3 is 10.4 Å². The number of hydrogen-bond donors (Lipinski definition) is 3. The van der Waals surface area contributed by atoms with Crippen LogP contribution in [0.4, 0.5) is 17.1 Å². The molecule has 1 amide bonds. The number of amides is 1. The molecule has 0 saturated carbocycles. The van der Waals surface area contributed by atoms with Crippen molar-refractivity contribution in [2.75, 3.05) is 5.32 Å². The maximum atomic E-state index is 11.5. The number of rotatable bonds is 4. The van der Waals surface area contributed by atoms with Crippen LogP contribution in [0.1, 0.15) is 18.1 Å². The Hall–Kier alpha value is -2.78. The van der Waals surface area contributed by atoms with E-state index in [2.05, 4.69) is 15.5 Å². The van der Waals surface area contributed by atoms with Crippen LogP contribution in [-0.4, -0.2) is 24.0 Å². The number of anilines is 1. The lowest BCUT2D eigenvalue weighted by atomic mass is 10.1. The molecule has 0 bridgehead atoms. The predicted octanol–water partition coefficient (Wildman–Crippen LogP) is 3.63. The normalized spacial score (nSPS) is 11.7. The van der Waals surface area contributed by atoms with Gasteiger partial charge in [0, 0.05) is 6.92 Å². The fourth-order valence-corrected chi connectivity index (χ4v) is 2.87. The summed E-state index contributed by atoms with van der Waals surface area (Å²) in [5.41, 5.74) is 1.80. The first-order valence-corrected chi connectivity index (χ1v) is 8.63. The van der Waals surface area contributed by atoms with Crippen molar-refractivity contribution < 1.29 is 22.9 Å². The van der Waals surface area contributed by atoms with Gasteiger partial charge in [-0.15, -0.1) is 5.11 Å². The number of benzene rings is 2. The summed E-state index contributed by atoms with van der Waals surface area (Å²) in [6, 6.07) is 7.20. The molecule has 0 spiro atoms. The zero-order valence-electron chi connectivity index (χ0n) is 13.8. The smallest absolute Gasteiger partial charge is 0.296 e. The molecule has 2 rings (SSSR count). The van der Waals surface area contributed by atoms with Crippen molar-refractivity contribution in [2.45, 2.75) is 25.7 Å². The van der Waals surface area contributed by atoms with Crippen LogP contribution in [0.15, 0.2) is 45.5 Å². The summed E-state index contributed by atoms with van der Waals surface area (Å²) < 4.78 is 32.3. The standard InChI is InChI=1S/C16H17N3O5S/c1-9-6-10(2)16(21)14(7-9)19-18-12-4-5-13(17-11(3)20)15(8-12)25(22,23)24/h4-8,21H,1-3H3,(H,17,20)(H,22,23,24). The van der Waals surface area contributed by atoms with Crippen molar-refractivity contribution >= 4 is 33.1 Å². The summed E-state index contributed by atoms with van der Waals surface area (Å²) in [4.78, 5) is 10.6. The third-order valence-corrected chi connectivity index (χ3v) is 4.15. The van der Waals surface area contributed by atoms with Crippen molar-refractivity contribution in [3.05, 3.63) is 41.5 Å². The Morgan fingerprint density at radius 3 is 2.40 bits per heavy atom. The predicted molar refractivity (Wildman–Crippen MR) is 92.3 cm³/mol. The molecule has 0 saturated heterocycles. The molecule has 2 aromatic rings. The number of hydrogen-bond acceptors (Lipinski definition) is 6. The zero-order valence-corrected chi connectivity index (χ0v) is 14.6. The van der Waals surface area contributed by atoms with Crippen LogP contribution in [0.25, 0.3) is 0 Å². The number of nitrogens with one attached hydrogen (secondary N) is 1. The van der Waals surface area contributed by atoms with Gasteiger partial charge in [0.15, 0.2) is 0 Å². The minimum absolute atomic E-state index is 0.0285. The van der Waals surface area contributed by atoms with Gasteiger partial charge in [-0.25, -0.2) is 0 Å². The van der Waals surface area contributed by atoms with Crippen molar-refractivity contribution in [2.24, 2.45) is 10.2 Å². The molecule has 0 aliphatic rings. The van der Waals surface area contributed by atoms with E-state index < -0.39 is 20.9 Å². The van der Waals surface area contributed by atoms with Gasteiger partial charge >= 0.3 is 0 Å². The second-order valence-corrected chi connectivity index (χ2v) is 6.88. The van der Waals surface area contributed by atoms with Gasteiger partial charge in [-0.3, -0.25) is 9.35 Å². The number of azo groups is 1. The monoisotopic (exact) mass is 363 g/mol. The molecule has 0 unspecified atom stereocenters. The molecule has 8 nitrogen and oxygen atoms in total. The lowest BCUT2D eigenvalue weighted by Crippen LogP contribution is -2.10. The van der Waals surface area contributed by atoms with Crippen LogP contribution < -0.4 is 5.32 Å². The van der Waals surface area contributed by atoms with Gasteiger partial charge in [0.1, 0.15) is 16.3 Å². The fourth-order valence-electron chi connectivity index (χ4n) is 2.20. The van der Waals surface area contributed by atoms with E-state index in [9.17, 15) is 22.9 Å². The summed E-state index contributed by atoms with van der Waals surface area (Å²) in [6.07, 6.45) is 0. The van der Waals surface area contributed by atoms with Crippen LogP contribution in [0.2, 0.25) is 0 Å². The Morgan fingerprint density at radius 2 is 1.80 bits per heavy atom. The molecule has 0 radical (unpaired) electrons. The van der Waals surface area contributed by atoms with Crippen molar-refractivity contribution in [1.29, 1.82) is 0 Å². The van der Waals surface area contributed by atoms with Gasteiger partial charge in [0.05, 0.1) is 11.4 Å². The Bertz CT molecular complexity index is 968. The first-order chi connectivity index (χ1) is 11.6. The number of aromatic hydroxyl groups is 1. The van der Waals surface area contributed by atoms with Crippen LogP contribution >= 0.6 is 0 Å². The van der Waals surface area contributed by atoms with E-state index >= 15 is 0 Å². The fraction of sp³-hybridized carbons (Fsp3) is 0.188. The highest BCUT2D eigenvalue weighted by Crippen LogP contribution is 2.33. The zero-order chi connectivity index (χ0) is 18.8. The quantitative estimate of drug-likeness (QED) is 0.564. The van der Waals surface area contributed by atoms with Crippen LogP contribution in [0, 0.1) is 13.8 Å². The van der Waals surface area contributed by atoms with E-state index in [-0.39, 0.29) is 22.8 Å². The van der Waals surface area contributed by atoms with Crippen LogP contribution in [0.3, 0.4) is 0 Å². The lowest BCUT2D eigenvalue weighted by Gasteiger charge is -2.08. The van der Waals surface area contributed by atoms with Crippen molar-refractivity contribution in [3.8, 4) is 5.75 Å². The summed E-state index contributed by atoms with van der Waals surface area (Å²) in [7, 11) is -4.57. The Balaban J connectivity index is 2.46. The molecular formula is C16H17N3O5S. The summed E-state index contributed by atoms with van der Waals surface area (Å²) in [5.74, 6) is -0.515. The molecule has 3 N–H and O–H groups in total. The van der Waals surface area contributed by atoms with E-state index in [1.807, 2.05) is 6.92 Å². The second kappa shape index (κ2) is 6.99. The van der Waals surface area contributed by atoms with E-state index in [1.54, 1.807) is 19.1 Å². The third kappa shape index (κ3) is 4.61. The van der Waals surface area contributed by atoms with Crippen LogP contribution in [0.5, 0.6) is 5.75 Å². The molecule has 0 aliphatic carbocycles. The molecule has 0 heterocycles. The average molecular weight is 363 g/mol. The Labute approximate surface area is 145 Å². The van der Waals surface area contributed by atoms with E-state index in [1.165, 1.54) is 19.1 Å². The highest BCUT2D eigenvalue weighted by atomic mass is 32.2. The summed E-state index contributed by atoms with van der Waals surface area (Å²) in [5, 5.41) is 20.1. The van der Waals surface area contributed by atoms with E-state index in [0.717, 1.165) is 11.6 Å². The molecule has 0 aliphatic heterocycles. The number of nitrogens with zero attached hydrogens (tertiary/aromatic N) is 2. The topological polar surface area (TPSA) is 128 Å². The van der Waals surface area contributed by atoms with Gasteiger partial charge in [0.2, 0.25) is 5.91 Å². The first-order valence-electron chi connectivity index (χ1n) is 7.19. The van der Waals surface area contributed by atoms with Gasteiger partial charge in [-0.2, -0.15) is 13.5 Å². The summed E-state index contributed by atoms with van der Waals surface area (Å²) in [6.45, 7) is 4.77. The van der Waals surface area contributed by atoms with Crippen LogP contribution in [-0.2, 0) is 14.9 Å². The number of aryl methyl sites for hydroxylation is 2. The number of carbonyl (C=O) groups excluding carboxylic acids is 1. The van der Waals surface area contributed by atoms with Crippen molar-refractivity contribution in [1.82, 2.24) is 0 Å². The highest BCUT2D eigenvalue weighted by Gasteiger charge is 2.17. The van der Waals surface area contributed by atoms with Gasteiger partial charge in [-0.05, 0) is 49.2 Å². The lowest BCUT2D eigenvalue weighted by molar-refractivity contribution is -0.114. The minimum atomic E-state index is -4.57. The first kappa shape index (κ1) is 18.6. The molecule has 0 atom stereocenters. The number of carbonyl (C=O) groups is 1. The third-order valence-electron chi connectivity index (χ3n) is 3.25. The van der Waals surface area contributed by atoms with E-state index in [0.29, 0.717) is 5.56 Å². The van der Waals surface area contributed by atoms with Gasteiger partial charge in [0.25, 0.3) is 10.1 Å². The average Bonchev–Trinajstić information content (AvgIpc) is 2.48. The largest absolute Gasteiger partial charge is 0.505 e. The molecule has 0 aromatic heterocycles. The minimum Gasteiger partial charge on any atom is -0.505 e. The van der Waals surface area contributed by atoms with Gasteiger partial charge in [-0.1, -0.05) is 6.07 Å². The van der Waals surface area contributed by atoms with Crippen molar-refractivity contribution in [3.63, 3.8) is 0 Å².